The molecule has 32 heavy (non-hydrogen) atoms. The van der Waals surface area contributed by atoms with Gasteiger partial charge in [0.15, 0.2) is 0 Å². The fourth-order valence-electron chi connectivity index (χ4n) is 3.35. The molecule has 3 aromatic carbocycles. The van der Waals surface area contributed by atoms with Gasteiger partial charge in [-0.05, 0) is 59.7 Å². The van der Waals surface area contributed by atoms with E-state index in [0.29, 0.717) is 40.2 Å². The Morgan fingerprint density at radius 3 is 2.22 bits per heavy atom. The molecule has 1 amide bonds. The zero-order valence-electron chi connectivity index (χ0n) is 17.1. The maximum Gasteiger partial charge on any atom is 0.258 e. The van der Waals surface area contributed by atoms with Crippen LogP contribution in [0.15, 0.2) is 97.3 Å². The van der Waals surface area contributed by atoms with Crippen molar-refractivity contribution >= 4 is 29.1 Å². The van der Waals surface area contributed by atoms with Crippen LogP contribution in [-0.2, 0) is 13.1 Å². The van der Waals surface area contributed by atoms with Crippen molar-refractivity contribution in [2.75, 3.05) is 0 Å². The van der Waals surface area contributed by atoms with Crippen LogP contribution in [0, 0.1) is 0 Å². The van der Waals surface area contributed by atoms with Gasteiger partial charge in [-0.2, -0.15) is 0 Å². The van der Waals surface area contributed by atoms with E-state index in [1.165, 1.54) is 0 Å². The summed E-state index contributed by atoms with van der Waals surface area (Å²) in [5, 5.41) is 1.04. The number of hydrogen-bond donors (Lipinski definition) is 0. The van der Waals surface area contributed by atoms with E-state index in [4.69, 9.17) is 27.9 Å². The number of rotatable bonds is 7. The minimum absolute atomic E-state index is 0.170. The van der Waals surface area contributed by atoms with Gasteiger partial charge in [0.25, 0.3) is 5.91 Å². The van der Waals surface area contributed by atoms with Crippen LogP contribution in [0.3, 0.4) is 0 Å². The number of nitrogens with zero attached hydrogens (tertiary/aromatic N) is 2. The van der Waals surface area contributed by atoms with E-state index in [9.17, 15) is 4.79 Å². The first-order chi connectivity index (χ1) is 15.6. The first-order valence-corrected chi connectivity index (χ1v) is 10.8. The third kappa shape index (κ3) is 5.67. The number of aromatic nitrogens is 1. The lowest BCUT2D eigenvalue weighted by atomic mass is 10.1. The number of para-hydroxylation sites is 2. The number of halogens is 2. The highest BCUT2D eigenvalue weighted by molar-refractivity contribution is 6.34. The maximum absolute atomic E-state index is 13.7. The Bertz CT molecular complexity index is 1180. The molecule has 0 bridgehead atoms. The number of pyridine rings is 1. The zero-order valence-corrected chi connectivity index (χ0v) is 18.6. The quantitative estimate of drug-likeness (QED) is 0.296. The lowest BCUT2D eigenvalue weighted by molar-refractivity contribution is 0.0727. The van der Waals surface area contributed by atoms with Gasteiger partial charge >= 0.3 is 0 Å². The molecule has 4 nitrogen and oxygen atoms in total. The van der Waals surface area contributed by atoms with Crippen LogP contribution in [0.25, 0.3) is 0 Å². The summed E-state index contributed by atoms with van der Waals surface area (Å²) in [6, 6.07) is 25.7. The van der Waals surface area contributed by atoms with Gasteiger partial charge in [-0.25, -0.2) is 0 Å². The molecule has 1 heterocycles. The van der Waals surface area contributed by atoms with Crippen molar-refractivity contribution in [1.29, 1.82) is 0 Å². The van der Waals surface area contributed by atoms with Gasteiger partial charge in [-0.1, -0.05) is 59.6 Å². The molecule has 0 aliphatic carbocycles. The number of carbonyl (C=O) groups excluding carboxylic acids is 1. The van der Waals surface area contributed by atoms with Gasteiger partial charge in [-0.15, -0.1) is 0 Å². The summed E-state index contributed by atoms with van der Waals surface area (Å²) in [5.74, 6) is 0.980. The number of ether oxygens (including phenoxy) is 1. The highest BCUT2D eigenvalue weighted by atomic mass is 35.5. The van der Waals surface area contributed by atoms with Gasteiger partial charge in [0, 0.05) is 35.5 Å². The molecule has 0 radical (unpaired) electrons. The predicted octanol–water partition coefficient (Wildman–Crippen LogP) is 7.02. The Morgan fingerprint density at radius 2 is 1.50 bits per heavy atom. The van der Waals surface area contributed by atoms with Crippen LogP contribution in [-0.4, -0.2) is 15.8 Å². The Balaban J connectivity index is 1.67. The molecule has 0 aliphatic heterocycles. The number of benzene rings is 3. The minimum atomic E-state index is -0.170. The Hall–Kier alpha value is -3.34. The van der Waals surface area contributed by atoms with Crippen LogP contribution >= 0.6 is 23.2 Å². The molecule has 4 rings (SSSR count). The SMILES string of the molecule is O=C(c1ccccc1Oc1ccccc1)N(Cc1cccnc1)Cc1cc(Cl)cc(Cl)c1. The summed E-state index contributed by atoms with van der Waals surface area (Å²) in [4.78, 5) is 19.6. The van der Waals surface area contributed by atoms with Crippen molar-refractivity contribution < 1.29 is 9.53 Å². The van der Waals surface area contributed by atoms with Crippen molar-refractivity contribution in [1.82, 2.24) is 9.88 Å². The molecule has 0 saturated carbocycles. The summed E-state index contributed by atoms with van der Waals surface area (Å²) in [6.45, 7) is 0.699. The van der Waals surface area contributed by atoms with Crippen molar-refractivity contribution in [2.45, 2.75) is 13.1 Å². The van der Waals surface area contributed by atoms with E-state index in [0.717, 1.165) is 11.1 Å². The molecular weight excluding hydrogens is 443 g/mol. The molecule has 4 aromatic rings. The molecule has 0 atom stereocenters. The third-order valence-electron chi connectivity index (χ3n) is 4.77. The summed E-state index contributed by atoms with van der Waals surface area (Å²) in [5.41, 5.74) is 2.21. The molecule has 1 aromatic heterocycles. The second-order valence-electron chi connectivity index (χ2n) is 7.21. The van der Waals surface area contributed by atoms with Crippen LogP contribution in [0.4, 0.5) is 0 Å². The summed E-state index contributed by atoms with van der Waals surface area (Å²) >= 11 is 12.4. The molecule has 0 saturated heterocycles. The average Bonchev–Trinajstić information content (AvgIpc) is 2.79. The standard InChI is InChI=1S/C26H20Cl2N2O2/c27-21-13-20(14-22(28)15-21)18-30(17-19-7-6-12-29-16-19)26(31)24-10-4-5-11-25(24)32-23-8-2-1-3-9-23/h1-16H,17-18H2. The summed E-state index contributed by atoms with van der Waals surface area (Å²) in [7, 11) is 0. The zero-order chi connectivity index (χ0) is 22.3. The highest BCUT2D eigenvalue weighted by Crippen LogP contribution is 2.28. The van der Waals surface area contributed by atoms with Gasteiger partial charge < -0.3 is 9.64 Å². The Labute approximate surface area is 197 Å². The van der Waals surface area contributed by atoms with E-state index < -0.39 is 0 Å². The Morgan fingerprint density at radius 1 is 0.812 bits per heavy atom. The number of amides is 1. The van der Waals surface area contributed by atoms with Crippen molar-refractivity contribution in [3.63, 3.8) is 0 Å². The van der Waals surface area contributed by atoms with Crippen LogP contribution in [0.1, 0.15) is 21.5 Å². The maximum atomic E-state index is 13.7. The predicted molar refractivity (Wildman–Crippen MR) is 127 cm³/mol. The van der Waals surface area contributed by atoms with Crippen molar-refractivity contribution in [3.05, 3.63) is 124 Å². The van der Waals surface area contributed by atoms with Gasteiger partial charge in [0.05, 0.1) is 5.56 Å². The molecule has 0 aliphatic rings. The van der Waals surface area contributed by atoms with E-state index in [2.05, 4.69) is 4.98 Å². The average molecular weight is 463 g/mol. The largest absolute Gasteiger partial charge is 0.457 e. The lowest BCUT2D eigenvalue weighted by Crippen LogP contribution is -2.30. The Kier molecular flexibility index (Phi) is 7.05. The topological polar surface area (TPSA) is 42.4 Å². The van der Waals surface area contributed by atoms with Crippen LogP contribution < -0.4 is 4.74 Å². The molecular formula is C26H20Cl2N2O2. The first-order valence-electron chi connectivity index (χ1n) is 10.0. The molecule has 0 spiro atoms. The first kappa shape index (κ1) is 21.9. The smallest absolute Gasteiger partial charge is 0.258 e. The molecule has 0 unspecified atom stereocenters. The molecule has 0 N–H and O–H groups in total. The molecule has 160 valence electrons. The van der Waals surface area contributed by atoms with E-state index >= 15 is 0 Å². The van der Waals surface area contributed by atoms with Crippen LogP contribution in [0.2, 0.25) is 10.0 Å². The van der Waals surface area contributed by atoms with Crippen molar-refractivity contribution in [2.24, 2.45) is 0 Å². The second kappa shape index (κ2) is 10.3. The lowest BCUT2D eigenvalue weighted by Gasteiger charge is -2.24. The summed E-state index contributed by atoms with van der Waals surface area (Å²) < 4.78 is 6.02. The molecule has 6 heteroatoms. The highest BCUT2D eigenvalue weighted by Gasteiger charge is 2.21. The van der Waals surface area contributed by atoms with E-state index in [1.807, 2.05) is 66.7 Å². The fraction of sp³-hybridized carbons (Fsp3) is 0.0769. The summed E-state index contributed by atoms with van der Waals surface area (Å²) in [6.07, 6.45) is 3.45. The van der Waals surface area contributed by atoms with Gasteiger partial charge in [-0.3, -0.25) is 9.78 Å². The third-order valence-corrected chi connectivity index (χ3v) is 5.20. The minimum Gasteiger partial charge on any atom is -0.457 e. The van der Waals surface area contributed by atoms with Crippen molar-refractivity contribution in [3.8, 4) is 11.5 Å². The van der Waals surface area contributed by atoms with E-state index in [1.54, 1.807) is 35.5 Å². The molecule has 0 fully saturated rings. The number of hydrogen-bond acceptors (Lipinski definition) is 3. The normalized spacial score (nSPS) is 10.6. The van der Waals surface area contributed by atoms with Gasteiger partial charge in [0.2, 0.25) is 0 Å². The van der Waals surface area contributed by atoms with E-state index in [-0.39, 0.29) is 5.91 Å². The number of carbonyl (C=O) groups is 1. The second-order valence-corrected chi connectivity index (χ2v) is 8.08. The monoisotopic (exact) mass is 462 g/mol. The van der Waals surface area contributed by atoms with Gasteiger partial charge in [0.1, 0.15) is 11.5 Å². The fourth-order valence-corrected chi connectivity index (χ4v) is 3.92. The van der Waals surface area contributed by atoms with Crippen LogP contribution in [0.5, 0.6) is 11.5 Å².